The van der Waals surface area contributed by atoms with Gasteiger partial charge < -0.3 is 27.9 Å². The number of methoxy groups -OCH3 is 1. The number of nitrogens with zero attached hydrogens (tertiary/aromatic N) is 4. The molecule has 49 heavy (non-hydrogen) atoms. The Balaban J connectivity index is 0.896. The molecular formula is C38H40N4O7. The van der Waals surface area contributed by atoms with Gasteiger partial charge in [-0.15, -0.1) is 0 Å². The number of carbonyl (C=O) groups excluding carboxylic acids is 2. The average Bonchev–Trinajstić information content (AvgIpc) is 3.81. The van der Waals surface area contributed by atoms with Crippen molar-refractivity contribution in [1.29, 1.82) is 0 Å². The summed E-state index contributed by atoms with van der Waals surface area (Å²) in [6.45, 7) is 6.99. The van der Waals surface area contributed by atoms with Gasteiger partial charge in [0.25, 0.3) is 11.8 Å². The van der Waals surface area contributed by atoms with Crippen molar-refractivity contribution in [2.24, 2.45) is 0 Å². The van der Waals surface area contributed by atoms with Gasteiger partial charge in [0.15, 0.2) is 23.4 Å². The second-order valence-electron chi connectivity index (χ2n) is 12.4. The highest BCUT2D eigenvalue weighted by atomic mass is 16.6. The van der Waals surface area contributed by atoms with E-state index in [2.05, 4.69) is 39.0 Å². The summed E-state index contributed by atoms with van der Waals surface area (Å²) in [5, 5.41) is 0.971. The molecule has 0 N–H and O–H groups in total. The molecule has 2 amide bonds. The number of ether oxygens (including phenoxy) is 3. The highest BCUT2D eigenvalue weighted by Gasteiger charge is 2.39. The SMILES string of the molecule is COc1ccc(CCC2OC(=O)N(CCCN3CCN(c4ccccc4)CC3)C2=O)cc1OCc1nc(-c2cc3ccccc3o2)oc1C. The van der Waals surface area contributed by atoms with Crippen LogP contribution in [0.3, 0.4) is 0 Å². The zero-order chi connectivity index (χ0) is 33.7. The average molecular weight is 665 g/mol. The van der Waals surface area contributed by atoms with Crippen molar-refractivity contribution in [1.82, 2.24) is 14.8 Å². The van der Waals surface area contributed by atoms with E-state index < -0.39 is 12.2 Å². The Morgan fingerprint density at radius 1 is 0.878 bits per heavy atom. The number of carbonyl (C=O) groups is 2. The van der Waals surface area contributed by atoms with E-state index in [4.69, 9.17) is 23.0 Å². The van der Waals surface area contributed by atoms with Crippen molar-refractivity contribution in [3.63, 3.8) is 0 Å². The fourth-order valence-electron chi connectivity index (χ4n) is 6.39. The molecule has 3 aromatic carbocycles. The Labute approximate surface area is 284 Å². The number of anilines is 1. The van der Waals surface area contributed by atoms with Crippen LogP contribution in [0.25, 0.3) is 22.6 Å². The second-order valence-corrected chi connectivity index (χ2v) is 12.4. The molecular weight excluding hydrogens is 624 g/mol. The fraction of sp³-hybridized carbons (Fsp3) is 0.342. The summed E-state index contributed by atoms with van der Waals surface area (Å²) in [7, 11) is 1.58. The summed E-state index contributed by atoms with van der Waals surface area (Å²) >= 11 is 0. The number of aromatic nitrogens is 1. The van der Waals surface area contributed by atoms with E-state index in [1.807, 2.05) is 61.5 Å². The van der Waals surface area contributed by atoms with Gasteiger partial charge in [-0.05, 0) is 74.7 Å². The van der Waals surface area contributed by atoms with E-state index in [9.17, 15) is 9.59 Å². The Bertz CT molecular complexity index is 1880. The Morgan fingerprint density at radius 2 is 1.67 bits per heavy atom. The maximum absolute atomic E-state index is 13.1. The number of aryl methyl sites for hydroxylation is 2. The smallest absolute Gasteiger partial charge is 0.417 e. The first-order chi connectivity index (χ1) is 23.9. The third-order valence-electron chi connectivity index (χ3n) is 9.17. The van der Waals surface area contributed by atoms with Gasteiger partial charge in [-0.1, -0.05) is 42.5 Å². The summed E-state index contributed by atoms with van der Waals surface area (Å²) in [6.07, 6.45) is 0.235. The summed E-state index contributed by atoms with van der Waals surface area (Å²) in [5.74, 6) is 2.40. The van der Waals surface area contributed by atoms with E-state index in [1.165, 1.54) is 10.6 Å². The standard InChI is InChI=1S/C38H40N4O7/c1-26-30(39-36(47-26)35-24-28-9-6-7-12-31(28)48-35)25-46-34-23-27(13-15-32(34)45-2)14-16-33-37(43)42(38(44)49-33)18-8-17-40-19-21-41(22-20-40)29-10-4-3-5-11-29/h3-7,9-13,15,23-24,33H,8,14,16-22,25H2,1-2H3. The van der Waals surface area contributed by atoms with Crippen molar-refractivity contribution in [2.75, 3.05) is 51.3 Å². The van der Waals surface area contributed by atoms with Crippen LogP contribution in [0.15, 0.2) is 87.7 Å². The molecule has 0 bridgehead atoms. The number of imide groups is 1. The van der Waals surface area contributed by atoms with Gasteiger partial charge in [-0.3, -0.25) is 9.69 Å². The Morgan fingerprint density at radius 3 is 2.47 bits per heavy atom. The predicted molar refractivity (Wildman–Crippen MR) is 184 cm³/mol. The minimum absolute atomic E-state index is 0.159. The topological polar surface area (TPSA) is 111 Å². The lowest BCUT2D eigenvalue weighted by Gasteiger charge is -2.36. The first-order valence-corrected chi connectivity index (χ1v) is 16.7. The molecule has 2 aliphatic rings. The molecule has 0 spiro atoms. The number of hydrogen-bond donors (Lipinski definition) is 0. The third-order valence-corrected chi connectivity index (χ3v) is 9.17. The Hall–Kier alpha value is -5.29. The van der Waals surface area contributed by atoms with Gasteiger partial charge in [0.2, 0.25) is 0 Å². The zero-order valence-electron chi connectivity index (χ0n) is 27.8. The van der Waals surface area contributed by atoms with Crippen LogP contribution in [0.2, 0.25) is 0 Å². The first-order valence-electron chi connectivity index (χ1n) is 16.7. The van der Waals surface area contributed by atoms with Crippen molar-refractivity contribution in [3.05, 3.63) is 95.9 Å². The van der Waals surface area contributed by atoms with Crippen LogP contribution in [-0.4, -0.2) is 79.3 Å². The molecule has 0 radical (unpaired) electrons. The van der Waals surface area contributed by atoms with E-state index >= 15 is 0 Å². The molecule has 11 heteroatoms. The zero-order valence-corrected chi connectivity index (χ0v) is 27.8. The highest BCUT2D eigenvalue weighted by Crippen LogP contribution is 2.32. The molecule has 2 saturated heterocycles. The minimum atomic E-state index is -0.803. The number of piperazine rings is 1. The molecule has 2 aromatic heterocycles. The quantitative estimate of drug-likeness (QED) is 0.139. The van der Waals surface area contributed by atoms with E-state index in [1.54, 1.807) is 7.11 Å². The van der Waals surface area contributed by atoms with Crippen LogP contribution >= 0.6 is 0 Å². The van der Waals surface area contributed by atoms with Gasteiger partial charge in [0.05, 0.1) is 7.11 Å². The largest absolute Gasteiger partial charge is 0.493 e. The van der Waals surface area contributed by atoms with Crippen molar-refractivity contribution in [2.45, 2.75) is 38.9 Å². The Kier molecular flexibility index (Phi) is 9.51. The molecule has 11 nitrogen and oxygen atoms in total. The van der Waals surface area contributed by atoms with Gasteiger partial charge in [0, 0.05) is 43.8 Å². The van der Waals surface area contributed by atoms with E-state index in [-0.39, 0.29) is 12.5 Å². The maximum Gasteiger partial charge on any atom is 0.417 e. The lowest BCUT2D eigenvalue weighted by atomic mass is 10.1. The number of rotatable bonds is 13. The molecule has 1 unspecified atom stereocenters. The van der Waals surface area contributed by atoms with E-state index in [0.29, 0.717) is 60.4 Å². The molecule has 254 valence electrons. The van der Waals surface area contributed by atoms with Gasteiger partial charge in [-0.2, -0.15) is 0 Å². The van der Waals surface area contributed by atoms with E-state index in [0.717, 1.165) is 49.3 Å². The molecule has 2 fully saturated rings. The summed E-state index contributed by atoms with van der Waals surface area (Å²) in [4.78, 5) is 36.4. The van der Waals surface area contributed by atoms with Crippen LogP contribution < -0.4 is 14.4 Å². The second kappa shape index (κ2) is 14.4. The lowest BCUT2D eigenvalue weighted by Crippen LogP contribution is -2.47. The summed E-state index contributed by atoms with van der Waals surface area (Å²) < 4.78 is 29.0. The normalized spacial score (nSPS) is 16.8. The predicted octanol–water partition coefficient (Wildman–Crippen LogP) is 6.48. The summed E-state index contributed by atoms with van der Waals surface area (Å²) in [6, 6.07) is 25.7. The van der Waals surface area contributed by atoms with Crippen LogP contribution in [-0.2, 0) is 22.6 Å². The number of fused-ring (bicyclic) bond motifs is 1. The summed E-state index contributed by atoms with van der Waals surface area (Å²) in [5.41, 5.74) is 3.57. The maximum atomic E-state index is 13.1. The molecule has 1 atom stereocenters. The monoisotopic (exact) mass is 664 g/mol. The number of amides is 2. The van der Waals surface area contributed by atoms with Crippen LogP contribution in [0.5, 0.6) is 11.5 Å². The third kappa shape index (κ3) is 7.26. The fourth-order valence-corrected chi connectivity index (χ4v) is 6.39. The number of benzene rings is 3. The van der Waals surface area contributed by atoms with Crippen LogP contribution in [0.1, 0.15) is 29.9 Å². The van der Waals surface area contributed by atoms with Crippen molar-refractivity contribution < 1.29 is 32.6 Å². The van der Waals surface area contributed by atoms with Crippen molar-refractivity contribution in [3.8, 4) is 23.1 Å². The molecule has 0 saturated carbocycles. The number of oxazole rings is 1. The number of para-hydroxylation sites is 2. The van der Waals surface area contributed by atoms with Crippen molar-refractivity contribution >= 4 is 28.7 Å². The molecule has 0 aliphatic carbocycles. The highest BCUT2D eigenvalue weighted by molar-refractivity contribution is 6.00. The molecule has 2 aliphatic heterocycles. The first kappa shape index (κ1) is 32.3. The number of furan rings is 1. The number of cyclic esters (lactones) is 1. The lowest BCUT2D eigenvalue weighted by molar-refractivity contribution is -0.129. The van der Waals surface area contributed by atoms with Crippen LogP contribution in [0, 0.1) is 6.92 Å². The minimum Gasteiger partial charge on any atom is -0.493 e. The van der Waals surface area contributed by atoms with Gasteiger partial charge in [-0.25, -0.2) is 14.7 Å². The van der Waals surface area contributed by atoms with Crippen LogP contribution in [0.4, 0.5) is 10.5 Å². The van der Waals surface area contributed by atoms with Gasteiger partial charge in [0.1, 0.15) is 23.6 Å². The number of hydrogen-bond acceptors (Lipinski definition) is 10. The van der Waals surface area contributed by atoms with Gasteiger partial charge >= 0.3 is 6.09 Å². The molecule has 4 heterocycles. The molecule has 5 aromatic rings. The molecule has 7 rings (SSSR count).